The third-order valence-corrected chi connectivity index (χ3v) is 3.92. The van der Waals surface area contributed by atoms with Gasteiger partial charge in [0.2, 0.25) is 5.95 Å². The second kappa shape index (κ2) is 8.63. The third kappa shape index (κ3) is 6.10. The second-order valence-electron chi connectivity index (χ2n) is 5.80. The average Bonchev–Trinajstić information content (AvgIpc) is 2.54. The van der Waals surface area contributed by atoms with Crippen molar-refractivity contribution in [3.63, 3.8) is 0 Å². The molecule has 0 unspecified atom stereocenters. The first-order valence-electron chi connectivity index (χ1n) is 7.72. The second-order valence-corrected chi connectivity index (χ2v) is 6.65. The minimum Gasteiger partial charge on any atom is -0.354 e. The highest BCUT2D eigenvalue weighted by Crippen LogP contribution is 2.30. The van der Waals surface area contributed by atoms with E-state index < -0.39 is 17.7 Å². The van der Waals surface area contributed by atoms with Crippen molar-refractivity contribution in [2.75, 3.05) is 37.8 Å². The van der Waals surface area contributed by atoms with Crippen LogP contribution in [-0.4, -0.2) is 42.1 Å². The molecule has 0 saturated heterocycles. The Bertz CT molecular complexity index is 752. The molecule has 0 amide bonds. The predicted molar refractivity (Wildman–Crippen MR) is 96.1 cm³/mol. The lowest BCUT2D eigenvalue weighted by Gasteiger charge is -2.14. The molecular weight excluding hydrogens is 418 g/mol. The number of rotatable bonds is 7. The molecule has 2 N–H and O–H groups in total. The molecule has 0 aliphatic heterocycles. The van der Waals surface area contributed by atoms with Gasteiger partial charge in [-0.3, -0.25) is 0 Å². The van der Waals surface area contributed by atoms with Crippen LogP contribution in [0.4, 0.5) is 35.0 Å². The number of benzene rings is 1. The summed E-state index contributed by atoms with van der Waals surface area (Å²) in [4.78, 5) is 9.50. The maximum absolute atomic E-state index is 13.6. The molecule has 1 heterocycles. The number of hydrogen-bond acceptors (Lipinski definition) is 5. The number of aromatic nitrogens is 2. The fourth-order valence-corrected chi connectivity index (χ4v) is 2.30. The first-order chi connectivity index (χ1) is 12.1. The zero-order chi connectivity index (χ0) is 19.3. The highest BCUT2D eigenvalue weighted by atomic mass is 79.9. The van der Waals surface area contributed by atoms with Crippen LogP contribution in [0.5, 0.6) is 0 Å². The zero-order valence-electron chi connectivity index (χ0n) is 14.2. The Morgan fingerprint density at radius 3 is 2.50 bits per heavy atom. The van der Waals surface area contributed by atoms with E-state index in [0.29, 0.717) is 13.0 Å². The molecule has 1 aromatic heterocycles. The summed E-state index contributed by atoms with van der Waals surface area (Å²) in [6.07, 6.45) is -3.91. The van der Waals surface area contributed by atoms with Crippen LogP contribution in [0, 0.1) is 5.82 Å². The van der Waals surface area contributed by atoms with Crippen molar-refractivity contribution in [1.82, 2.24) is 14.9 Å². The van der Waals surface area contributed by atoms with Crippen molar-refractivity contribution in [3.8, 4) is 0 Å². The highest BCUT2D eigenvalue weighted by molar-refractivity contribution is 9.10. The largest absolute Gasteiger partial charge is 0.433 e. The first kappa shape index (κ1) is 20.4. The lowest BCUT2D eigenvalue weighted by molar-refractivity contribution is -0.141. The van der Waals surface area contributed by atoms with Gasteiger partial charge >= 0.3 is 6.18 Å². The van der Waals surface area contributed by atoms with E-state index in [0.717, 1.165) is 18.7 Å². The van der Waals surface area contributed by atoms with E-state index in [2.05, 4.69) is 36.5 Å². The molecule has 0 spiro atoms. The van der Waals surface area contributed by atoms with Gasteiger partial charge in [0.25, 0.3) is 0 Å². The molecular formula is C16H18BrF4N5. The summed E-state index contributed by atoms with van der Waals surface area (Å²) in [5, 5.41) is 5.46. The maximum Gasteiger partial charge on any atom is 0.433 e. The van der Waals surface area contributed by atoms with E-state index >= 15 is 0 Å². The fraction of sp³-hybridized carbons (Fsp3) is 0.375. The quantitative estimate of drug-likeness (QED) is 0.495. The Morgan fingerprint density at radius 2 is 1.88 bits per heavy atom. The molecule has 0 atom stereocenters. The molecule has 0 aliphatic carbocycles. The predicted octanol–water partition coefficient (Wildman–Crippen LogP) is 4.50. The Morgan fingerprint density at radius 1 is 1.15 bits per heavy atom. The van der Waals surface area contributed by atoms with E-state index in [-0.39, 0.29) is 21.9 Å². The summed E-state index contributed by atoms with van der Waals surface area (Å²) in [5.74, 6) is -0.759. The van der Waals surface area contributed by atoms with E-state index in [1.807, 2.05) is 19.0 Å². The minimum atomic E-state index is -4.62. The molecule has 5 nitrogen and oxygen atoms in total. The first-order valence-corrected chi connectivity index (χ1v) is 8.51. The fourth-order valence-electron chi connectivity index (χ4n) is 2.05. The molecule has 0 saturated carbocycles. The van der Waals surface area contributed by atoms with Crippen molar-refractivity contribution in [1.29, 1.82) is 0 Å². The number of nitrogens with one attached hydrogen (secondary N) is 2. The Labute approximate surface area is 157 Å². The molecule has 2 aromatic rings. The smallest absolute Gasteiger partial charge is 0.354 e. The lowest BCUT2D eigenvalue weighted by Crippen LogP contribution is -2.18. The molecule has 10 heteroatoms. The van der Waals surface area contributed by atoms with E-state index in [4.69, 9.17) is 0 Å². The molecule has 0 radical (unpaired) electrons. The van der Waals surface area contributed by atoms with Gasteiger partial charge < -0.3 is 15.5 Å². The van der Waals surface area contributed by atoms with E-state index in [1.165, 1.54) is 12.1 Å². The molecule has 0 fully saturated rings. The van der Waals surface area contributed by atoms with Gasteiger partial charge in [0.05, 0.1) is 4.47 Å². The lowest BCUT2D eigenvalue weighted by atomic mass is 10.3. The summed E-state index contributed by atoms with van der Waals surface area (Å²) in [7, 11) is 3.81. The number of anilines is 3. The molecule has 0 aliphatic rings. The number of hydrogen-bond donors (Lipinski definition) is 2. The minimum absolute atomic E-state index is 0.0795. The molecule has 26 heavy (non-hydrogen) atoms. The van der Waals surface area contributed by atoms with Crippen LogP contribution in [-0.2, 0) is 6.18 Å². The van der Waals surface area contributed by atoms with E-state index in [9.17, 15) is 17.6 Å². The monoisotopic (exact) mass is 435 g/mol. The standard InChI is InChI=1S/C16H18BrF4N5/c1-26(2)7-3-6-22-15-24-13(16(19,20)21)9-14(25-15)23-10-4-5-11(17)12(18)8-10/h4-5,8-9H,3,6-7H2,1-2H3,(H2,22,23,24,25). The molecule has 1 aromatic carbocycles. The van der Waals surface area contributed by atoms with Crippen molar-refractivity contribution in [2.45, 2.75) is 12.6 Å². The van der Waals surface area contributed by atoms with Gasteiger partial charge in [-0.1, -0.05) is 0 Å². The Balaban J connectivity index is 2.20. The average molecular weight is 436 g/mol. The summed E-state index contributed by atoms with van der Waals surface area (Å²) < 4.78 is 53.1. The summed E-state index contributed by atoms with van der Waals surface area (Å²) >= 11 is 3.02. The topological polar surface area (TPSA) is 53.1 Å². The van der Waals surface area contributed by atoms with Crippen molar-refractivity contribution >= 4 is 33.4 Å². The summed E-state index contributed by atoms with van der Waals surface area (Å²) in [5.41, 5.74) is -0.807. The van der Waals surface area contributed by atoms with E-state index in [1.54, 1.807) is 0 Å². The van der Waals surface area contributed by atoms with Crippen LogP contribution < -0.4 is 10.6 Å². The van der Waals surface area contributed by atoms with Crippen LogP contribution in [0.15, 0.2) is 28.7 Å². The van der Waals surface area contributed by atoms with Gasteiger partial charge in [-0.05, 0) is 61.2 Å². The van der Waals surface area contributed by atoms with Gasteiger partial charge in [0.15, 0.2) is 5.69 Å². The summed E-state index contributed by atoms with van der Waals surface area (Å²) in [6, 6.07) is 4.91. The van der Waals surface area contributed by atoms with Crippen LogP contribution in [0.3, 0.4) is 0 Å². The van der Waals surface area contributed by atoms with Crippen molar-refractivity contribution in [2.24, 2.45) is 0 Å². The summed E-state index contributed by atoms with van der Waals surface area (Å²) in [6.45, 7) is 1.20. The Kier molecular flexibility index (Phi) is 6.76. The van der Waals surface area contributed by atoms with Gasteiger partial charge in [0.1, 0.15) is 11.6 Å². The number of halogens is 5. The van der Waals surface area contributed by atoms with Gasteiger partial charge in [-0.15, -0.1) is 0 Å². The highest BCUT2D eigenvalue weighted by Gasteiger charge is 2.33. The Hall–Kier alpha value is -1.94. The molecule has 2 rings (SSSR count). The van der Waals surface area contributed by atoms with Gasteiger partial charge in [-0.2, -0.15) is 18.2 Å². The molecule has 142 valence electrons. The normalized spacial score (nSPS) is 11.7. The van der Waals surface area contributed by atoms with Crippen LogP contribution in [0.1, 0.15) is 12.1 Å². The van der Waals surface area contributed by atoms with Crippen molar-refractivity contribution in [3.05, 3.63) is 40.2 Å². The van der Waals surface area contributed by atoms with Crippen LogP contribution >= 0.6 is 15.9 Å². The number of nitrogens with zero attached hydrogens (tertiary/aromatic N) is 3. The SMILES string of the molecule is CN(C)CCCNc1nc(Nc2ccc(Br)c(F)c2)cc(C(F)(F)F)n1. The van der Waals surface area contributed by atoms with Crippen LogP contribution in [0.25, 0.3) is 0 Å². The third-order valence-electron chi connectivity index (χ3n) is 3.27. The van der Waals surface area contributed by atoms with Gasteiger partial charge in [-0.25, -0.2) is 9.37 Å². The zero-order valence-corrected chi connectivity index (χ0v) is 15.7. The van der Waals surface area contributed by atoms with Gasteiger partial charge in [0, 0.05) is 18.3 Å². The maximum atomic E-state index is 13.6. The number of alkyl halides is 3. The molecule has 0 bridgehead atoms. The van der Waals surface area contributed by atoms with Crippen molar-refractivity contribution < 1.29 is 17.6 Å². The van der Waals surface area contributed by atoms with Crippen LogP contribution in [0.2, 0.25) is 0 Å².